The fourth-order valence-electron chi connectivity index (χ4n) is 4.80. The van der Waals surface area contributed by atoms with E-state index in [1.54, 1.807) is 12.1 Å². The number of sulfonamides is 1. The molecule has 3 fully saturated rings. The first-order valence-electron chi connectivity index (χ1n) is 10.1. The molecule has 0 radical (unpaired) electrons. The Morgan fingerprint density at radius 3 is 2.68 bits per heavy atom. The van der Waals surface area contributed by atoms with E-state index >= 15 is 0 Å². The van der Waals surface area contributed by atoms with Crippen molar-refractivity contribution in [2.45, 2.75) is 49.5 Å². The summed E-state index contributed by atoms with van der Waals surface area (Å²) in [6.07, 6.45) is 6.79. The van der Waals surface area contributed by atoms with Crippen LogP contribution in [0.2, 0.25) is 0 Å². The van der Waals surface area contributed by atoms with Crippen LogP contribution < -0.4 is 5.32 Å². The average molecular weight is 406 g/mol. The van der Waals surface area contributed by atoms with Crippen LogP contribution in [0.1, 0.15) is 48.9 Å². The van der Waals surface area contributed by atoms with Gasteiger partial charge >= 0.3 is 0 Å². The SMILES string of the molecule is O=C1CN(S(=O)(=O)c2cccc(C(=O)N3CCCC4CCCCC43)c2)CCN1. The number of piperazine rings is 1. The zero-order valence-corrected chi connectivity index (χ0v) is 16.8. The Labute approximate surface area is 166 Å². The molecule has 1 N–H and O–H groups in total. The van der Waals surface area contributed by atoms with E-state index in [4.69, 9.17) is 0 Å². The van der Waals surface area contributed by atoms with Crippen LogP contribution in [0.5, 0.6) is 0 Å². The third kappa shape index (κ3) is 3.67. The number of amides is 2. The van der Waals surface area contributed by atoms with Crippen molar-refractivity contribution in [2.75, 3.05) is 26.2 Å². The highest BCUT2D eigenvalue weighted by Crippen LogP contribution is 2.36. The molecule has 2 saturated heterocycles. The van der Waals surface area contributed by atoms with Gasteiger partial charge in [-0.15, -0.1) is 0 Å². The highest BCUT2D eigenvalue weighted by Gasteiger charge is 2.36. The third-order valence-electron chi connectivity index (χ3n) is 6.23. The molecule has 1 aliphatic carbocycles. The molecule has 4 rings (SSSR count). The second-order valence-electron chi connectivity index (χ2n) is 7.97. The maximum Gasteiger partial charge on any atom is 0.254 e. The molecule has 152 valence electrons. The quantitative estimate of drug-likeness (QED) is 0.828. The van der Waals surface area contributed by atoms with Crippen LogP contribution in [0.4, 0.5) is 0 Å². The van der Waals surface area contributed by atoms with Gasteiger partial charge in [0.25, 0.3) is 5.91 Å². The normalized spacial score (nSPS) is 26.4. The molecule has 8 heteroatoms. The van der Waals surface area contributed by atoms with Crippen LogP contribution in [0.25, 0.3) is 0 Å². The summed E-state index contributed by atoms with van der Waals surface area (Å²) in [4.78, 5) is 26.8. The van der Waals surface area contributed by atoms with Gasteiger partial charge in [0.2, 0.25) is 15.9 Å². The molecule has 2 atom stereocenters. The molecule has 0 bridgehead atoms. The van der Waals surface area contributed by atoms with Gasteiger partial charge in [0.15, 0.2) is 0 Å². The first-order chi connectivity index (χ1) is 13.5. The second-order valence-corrected chi connectivity index (χ2v) is 9.91. The summed E-state index contributed by atoms with van der Waals surface area (Å²) in [5, 5.41) is 2.63. The molecule has 2 heterocycles. The minimum absolute atomic E-state index is 0.0743. The number of likely N-dealkylation sites (tertiary alicyclic amines) is 1. The van der Waals surface area contributed by atoms with E-state index in [-0.39, 0.29) is 35.8 Å². The molecular weight excluding hydrogens is 378 g/mol. The molecule has 2 amide bonds. The van der Waals surface area contributed by atoms with Crippen LogP contribution in [-0.2, 0) is 14.8 Å². The molecular formula is C20H27N3O4S. The fraction of sp³-hybridized carbons (Fsp3) is 0.600. The summed E-state index contributed by atoms with van der Waals surface area (Å²) in [6, 6.07) is 6.55. The van der Waals surface area contributed by atoms with Gasteiger partial charge in [0.1, 0.15) is 0 Å². The van der Waals surface area contributed by atoms with Crippen LogP contribution in [0.3, 0.4) is 0 Å². The number of hydrogen-bond donors (Lipinski definition) is 1. The Morgan fingerprint density at radius 1 is 1.07 bits per heavy atom. The second kappa shape index (κ2) is 7.83. The van der Waals surface area contributed by atoms with Crippen molar-refractivity contribution in [1.29, 1.82) is 0 Å². The van der Waals surface area contributed by atoms with Crippen molar-refractivity contribution in [1.82, 2.24) is 14.5 Å². The van der Waals surface area contributed by atoms with E-state index in [1.807, 2.05) is 4.90 Å². The van der Waals surface area contributed by atoms with Crippen molar-refractivity contribution >= 4 is 21.8 Å². The topological polar surface area (TPSA) is 86.8 Å². The minimum Gasteiger partial charge on any atom is -0.354 e. The zero-order chi connectivity index (χ0) is 19.7. The van der Waals surface area contributed by atoms with Crippen molar-refractivity contribution in [2.24, 2.45) is 5.92 Å². The fourth-order valence-corrected chi connectivity index (χ4v) is 6.25. The van der Waals surface area contributed by atoms with Crippen molar-refractivity contribution in [3.05, 3.63) is 29.8 Å². The molecule has 0 spiro atoms. The van der Waals surface area contributed by atoms with Crippen LogP contribution >= 0.6 is 0 Å². The highest BCUT2D eigenvalue weighted by molar-refractivity contribution is 7.89. The third-order valence-corrected chi connectivity index (χ3v) is 8.07. The van der Waals surface area contributed by atoms with Gasteiger partial charge < -0.3 is 10.2 Å². The molecule has 28 heavy (non-hydrogen) atoms. The molecule has 1 saturated carbocycles. The summed E-state index contributed by atoms with van der Waals surface area (Å²) in [7, 11) is -3.80. The Bertz CT molecular complexity index is 868. The van der Waals surface area contributed by atoms with Crippen molar-refractivity contribution < 1.29 is 18.0 Å². The van der Waals surface area contributed by atoms with E-state index in [0.29, 0.717) is 18.0 Å². The summed E-state index contributed by atoms with van der Waals surface area (Å²) >= 11 is 0. The molecule has 7 nitrogen and oxygen atoms in total. The monoisotopic (exact) mass is 405 g/mol. The lowest BCUT2D eigenvalue weighted by atomic mass is 9.78. The lowest BCUT2D eigenvalue weighted by Gasteiger charge is -2.44. The van der Waals surface area contributed by atoms with Gasteiger partial charge in [-0.2, -0.15) is 4.31 Å². The first-order valence-corrected chi connectivity index (χ1v) is 11.6. The standard InChI is InChI=1S/C20H27N3O4S/c24-19-14-22(12-10-21-19)28(26,27)17-8-3-6-16(13-17)20(25)23-11-4-7-15-5-1-2-9-18(15)23/h3,6,8,13,15,18H,1-2,4-5,7,9-12,14H2,(H,21,24). The molecule has 2 unspecified atom stereocenters. The number of nitrogens with one attached hydrogen (secondary N) is 1. The van der Waals surface area contributed by atoms with Crippen LogP contribution in [0, 0.1) is 5.92 Å². The smallest absolute Gasteiger partial charge is 0.254 e. The zero-order valence-electron chi connectivity index (χ0n) is 16.0. The number of carbonyl (C=O) groups is 2. The van der Waals surface area contributed by atoms with E-state index in [9.17, 15) is 18.0 Å². The van der Waals surface area contributed by atoms with E-state index in [0.717, 1.165) is 25.8 Å². The van der Waals surface area contributed by atoms with Crippen LogP contribution in [0.15, 0.2) is 29.2 Å². The van der Waals surface area contributed by atoms with E-state index < -0.39 is 10.0 Å². The summed E-state index contributed by atoms with van der Waals surface area (Å²) in [6.45, 7) is 1.09. The number of nitrogens with zero attached hydrogens (tertiary/aromatic N) is 2. The Balaban J connectivity index is 1.58. The summed E-state index contributed by atoms with van der Waals surface area (Å²) < 4.78 is 27.0. The predicted octanol–water partition coefficient (Wildman–Crippen LogP) is 1.60. The lowest BCUT2D eigenvalue weighted by Crippen LogP contribution is -2.50. The Hall–Kier alpha value is -1.93. The van der Waals surface area contributed by atoms with Gasteiger partial charge in [-0.25, -0.2) is 8.42 Å². The van der Waals surface area contributed by atoms with Gasteiger partial charge in [-0.1, -0.05) is 18.9 Å². The molecule has 3 aliphatic rings. The van der Waals surface area contributed by atoms with Crippen molar-refractivity contribution in [3.8, 4) is 0 Å². The minimum atomic E-state index is -3.80. The van der Waals surface area contributed by atoms with Crippen LogP contribution in [-0.4, -0.2) is 61.7 Å². The average Bonchev–Trinajstić information content (AvgIpc) is 2.73. The molecule has 1 aromatic rings. The molecule has 0 aromatic heterocycles. The van der Waals surface area contributed by atoms with E-state index in [2.05, 4.69) is 5.32 Å². The van der Waals surface area contributed by atoms with Gasteiger partial charge in [0.05, 0.1) is 11.4 Å². The summed E-state index contributed by atoms with van der Waals surface area (Å²) in [5.41, 5.74) is 0.411. The van der Waals surface area contributed by atoms with Gasteiger partial charge in [0, 0.05) is 31.2 Å². The lowest BCUT2D eigenvalue weighted by molar-refractivity contribution is -0.122. The maximum atomic E-state index is 13.2. The largest absolute Gasteiger partial charge is 0.354 e. The summed E-state index contributed by atoms with van der Waals surface area (Å²) in [5.74, 6) is 0.189. The Kier molecular flexibility index (Phi) is 5.42. The number of benzene rings is 1. The first kappa shape index (κ1) is 19.4. The van der Waals surface area contributed by atoms with Gasteiger partial charge in [-0.3, -0.25) is 9.59 Å². The molecule has 2 aliphatic heterocycles. The Morgan fingerprint density at radius 2 is 1.86 bits per heavy atom. The predicted molar refractivity (Wildman–Crippen MR) is 104 cm³/mol. The number of carbonyl (C=O) groups excluding carboxylic acids is 2. The molecule has 1 aromatic carbocycles. The number of piperidine rings is 1. The highest BCUT2D eigenvalue weighted by atomic mass is 32.2. The number of fused-ring (bicyclic) bond motifs is 1. The maximum absolute atomic E-state index is 13.2. The number of rotatable bonds is 3. The van der Waals surface area contributed by atoms with Crippen molar-refractivity contribution in [3.63, 3.8) is 0 Å². The van der Waals surface area contributed by atoms with E-state index in [1.165, 1.54) is 35.7 Å². The van der Waals surface area contributed by atoms with Gasteiger partial charge in [-0.05, 0) is 49.8 Å². The number of hydrogen-bond acceptors (Lipinski definition) is 4.